The zero-order valence-corrected chi connectivity index (χ0v) is 12.0. The Hall–Kier alpha value is -1.30. The molecule has 0 aliphatic carbocycles. The number of hydrogen-bond acceptors (Lipinski definition) is 3. The van der Waals surface area contributed by atoms with Crippen molar-refractivity contribution in [3.8, 4) is 0 Å². The van der Waals surface area contributed by atoms with Crippen molar-refractivity contribution >= 4 is 12.0 Å². The van der Waals surface area contributed by atoms with Crippen molar-refractivity contribution < 1.29 is 14.7 Å². The summed E-state index contributed by atoms with van der Waals surface area (Å²) in [5.74, 6) is -0.744. The molecule has 0 aromatic carbocycles. The van der Waals surface area contributed by atoms with Crippen LogP contribution in [0.3, 0.4) is 0 Å². The highest BCUT2D eigenvalue weighted by molar-refractivity contribution is 5.82. The van der Waals surface area contributed by atoms with Gasteiger partial charge in [0.05, 0.1) is 0 Å². The molecule has 1 aliphatic rings. The summed E-state index contributed by atoms with van der Waals surface area (Å²) in [7, 11) is 1.74. The number of nitrogens with one attached hydrogen (secondary N) is 2. The molecule has 2 amide bonds. The Morgan fingerprint density at radius 3 is 2.42 bits per heavy atom. The van der Waals surface area contributed by atoms with Gasteiger partial charge in [-0.1, -0.05) is 13.8 Å². The molecule has 3 N–H and O–H groups in total. The van der Waals surface area contributed by atoms with Gasteiger partial charge >= 0.3 is 12.0 Å². The topological polar surface area (TPSA) is 81.7 Å². The first kappa shape index (κ1) is 15.8. The lowest BCUT2D eigenvalue weighted by molar-refractivity contribution is -0.139. The molecule has 0 aromatic heterocycles. The quantitative estimate of drug-likeness (QED) is 0.693. The SMILES string of the molecule is CC(C)CC(NC(=O)N(C)C1CCNCC1)C(=O)O. The van der Waals surface area contributed by atoms with Crippen molar-refractivity contribution in [1.29, 1.82) is 0 Å². The summed E-state index contributed by atoms with van der Waals surface area (Å²) in [5, 5.41) is 15.0. The molecule has 6 heteroatoms. The summed E-state index contributed by atoms with van der Waals surface area (Å²) < 4.78 is 0. The number of amides is 2. The zero-order chi connectivity index (χ0) is 14.4. The maximum absolute atomic E-state index is 12.1. The first-order valence-corrected chi connectivity index (χ1v) is 6.88. The van der Waals surface area contributed by atoms with Crippen molar-refractivity contribution in [1.82, 2.24) is 15.5 Å². The van der Waals surface area contributed by atoms with Gasteiger partial charge in [0.1, 0.15) is 6.04 Å². The number of carbonyl (C=O) groups excluding carboxylic acids is 1. The van der Waals surface area contributed by atoms with Crippen LogP contribution < -0.4 is 10.6 Å². The minimum Gasteiger partial charge on any atom is -0.480 e. The highest BCUT2D eigenvalue weighted by Gasteiger charge is 2.26. The van der Waals surface area contributed by atoms with Gasteiger partial charge in [-0.25, -0.2) is 9.59 Å². The van der Waals surface area contributed by atoms with Gasteiger partial charge in [0, 0.05) is 13.1 Å². The van der Waals surface area contributed by atoms with Crippen molar-refractivity contribution in [2.45, 2.75) is 45.2 Å². The van der Waals surface area contributed by atoms with E-state index in [-0.39, 0.29) is 18.0 Å². The fourth-order valence-electron chi connectivity index (χ4n) is 2.30. The number of aliphatic carboxylic acids is 1. The Morgan fingerprint density at radius 2 is 1.95 bits per heavy atom. The molecular formula is C13H25N3O3. The van der Waals surface area contributed by atoms with Gasteiger partial charge in [0.15, 0.2) is 0 Å². The highest BCUT2D eigenvalue weighted by atomic mass is 16.4. The predicted octanol–water partition coefficient (Wildman–Crippen LogP) is 0.879. The molecule has 110 valence electrons. The van der Waals surface area contributed by atoms with Crippen LogP contribution >= 0.6 is 0 Å². The number of piperidine rings is 1. The lowest BCUT2D eigenvalue weighted by Gasteiger charge is -2.32. The van der Waals surface area contributed by atoms with Crippen molar-refractivity contribution in [2.75, 3.05) is 20.1 Å². The van der Waals surface area contributed by atoms with Crippen LogP contribution in [0.2, 0.25) is 0 Å². The van der Waals surface area contributed by atoms with E-state index in [1.807, 2.05) is 13.8 Å². The third-order valence-electron chi connectivity index (χ3n) is 3.48. The van der Waals surface area contributed by atoms with Crippen LogP contribution in [0.15, 0.2) is 0 Å². The lowest BCUT2D eigenvalue weighted by atomic mass is 10.0. The Bertz CT molecular complexity index is 314. The van der Waals surface area contributed by atoms with Crippen LogP contribution in [0.5, 0.6) is 0 Å². The third kappa shape index (κ3) is 5.06. The van der Waals surface area contributed by atoms with E-state index in [2.05, 4.69) is 10.6 Å². The minimum absolute atomic E-state index is 0.190. The third-order valence-corrected chi connectivity index (χ3v) is 3.48. The lowest BCUT2D eigenvalue weighted by Crippen LogP contribution is -2.52. The van der Waals surface area contributed by atoms with E-state index in [9.17, 15) is 9.59 Å². The molecule has 1 fully saturated rings. The van der Waals surface area contributed by atoms with Crippen LogP contribution in [-0.2, 0) is 4.79 Å². The van der Waals surface area contributed by atoms with E-state index in [4.69, 9.17) is 5.11 Å². The molecule has 0 saturated carbocycles. The summed E-state index contributed by atoms with van der Waals surface area (Å²) in [6.45, 7) is 5.69. The molecule has 0 aromatic rings. The first-order chi connectivity index (χ1) is 8.91. The van der Waals surface area contributed by atoms with E-state index < -0.39 is 12.0 Å². The smallest absolute Gasteiger partial charge is 0.326 e. The Balaban J connectivity index is 2.52. The summed E-state index contributed by atoms with van der Waals surface area (Å²) in [6, 6.07) is -0.911. The number of carboxylic acid groups (broad SMARTS) is 1. The molecule has 1 aliphatic heterocycles. The summed E-state index contributed by atoms with van der Waals surface area (Å²) >= 11 is 0. The first-order valence-electron chi connectivity index (χ1n) is 6.88. The molecule has 19 heavy (non-hydrogen) atoms. The zero-order valence-electron chi connectivity index (χ0n) is 12.0. The van der Waals surface area contributed by atoms with Gasteiger partial charge in [0.2, 0.25) is 0 Å². The molecule has 1 heterocycles. The van der Waals surface area contributed by atoms with Crippen LogP contribution in [0.1, 0.15) is 33.1 Å². The van der Waals surface area contributed by atoms with E-state index in [0.29, 0.717) is 6.42 Å². The molecule has 0 bridgehead atoms. The highest BCUT2D eigenvalue weighted by Crippen LogP contribution is 2.11. The molecule has 0 radical (unpaired) electrons. The minimum atomic E-state index is -0.972. The Morgan fingerprint density at radius 1 is 1.37 bits per heavy atom. The molecule has 1 unspecified atom stereocenters. The van der Waals surface area contributed by atoms with Crippen molar-refractivity contribution in [3.05, 3.63) is 0 Å². The fourth-order valence-corrected chi connectivity index (χ4v) is 2.30. The van der Waals surface area contributed by atoms with E-state index in [1.165, 1.54) is 0 Å². The number of hydrogen-bond donors (Lipinski definition) is 3. The summed E-state index contributed by atoms with van der Waals surface area (Å²) in [6.07, 6.45) is 2.26. The van der Waals surface area contributed by atoms with Gasteiger partial charge in [0.25, 0.3) is 0 Å². The second-order valence-corrected chi connectivity index (χ2v) is 5.56. The van der Waals surface area contributed by atoms with E-state index in [0.717, 1.165) is 25.9 Å². The molecule has 1 rings (SSSR count). The van der Waals surface area contributed by atoms with Crippen LogP contribution in [0, 0.1) is 5.92 Å². The average molecular weight is 271 g/mol. The second kappa shape index (κ2) is 7.33. The Kier molecular flexibility index (Phi) is 6.08. The van der Waals surface area contributed by atoms with Gasteiger partial charge in [-0.15, -0.1) is 0 Å². The number of rotatable bonds is 5. The van der Waals surface area contributed by atoms with Crippen molar-refractivity contribution in [2.24, 2.45) is 5.92 Å². The molecular weight excluding hydrogens is 246 g/mol. The standard InChI is InChI=1S/C13H25N3O3/c1-9(2)8-11(12(17)18)15-13(19)16(3)10-4-6-14-7-5-10/h9-11,14H,4-8H2,1-3H3,(H,15,19)(H,17,18). The number of urea groups is 1. The Labute approximate surface area is 114 Å². The van der Waals surface area contributed by atoms with Gasteiger partial charge < -0.3 is 20.6 Å². The van der Waals surface area contributed by atoms with Crippen LogP contribution in [0.25, 0.3) is 0 Å². The van der Waals surface area contributed by atoms with E-state index in [1.54, 1.807) is 11.9 Å². The van der Waals surface area contributed by atoms with Gasteiger partial charge in [-0.2, -0.15) is 0 Å². The van der Waals surface area contributed by atoms with Crippen molar-refractivity contribution in [3.63, 3.8) is 0 Å². The second-order valence-electron chi connectivity index (χ2n) is 5.56. The molecule has 1 atom stereocenters. The maximum Gasteiger partial charge on any atom is 0.326 e. The number of carbonyl (C=O) groups is 2. The monoisotopic (exact) mass is 271 g/mol. The van der Waals surface area contributed by atoms with Crippen LogP contribution in [0.4, 0.5) is 4.79 Å². The molecule has 6 nitrogen and oxygen atoms in total. The molecule has 0 spiro atoms. The number of nitrogens with zero attached hydrogens (tertiary/aromatic N) is 1. The van der Waals surface area contributed by atoms with Gasteiger partial charge in [-0.3, -0.25) is 0 Å². The van der Waals surface area contributed by atoms with E-state index >= 15 is 0 Å². The average Bonchev–Trinajstić information content (AvgIpc) is 2.37. The fraction of sp³-hybridized carbons (Fsp3) is 0.846. The largest absolute Gasteiger partial charge is 0.480 e. The van der Waals surface area contributed by atoms with Gasteiger partial charge in [-0.05, 0) is 38.3 Å². The summed E-state index contributed by atoms with van der Waals surface area (Å²) in [4.78, 5) is 24.8. The van der Waals surface area contributed by atoms with Crippen LogP contribution in [-0.4, -0.2) is 54.2 Å². The maximum atomic E-state index is 12.1. The predicted molar refractivity (Wildman–Crippen MR) is 73.1 cm³/mol. The summed E-state index contributed by atoms with van der Waals surface area (Å²) in [5.41, 5.74) is 0. The number of carboxylic acids is 1. The normalized spacial score (nSPS) is 18.1. The molecule has 1 saturated heterocycles.